The molecule has 2 aromatic rings. The summed E-state index contributed by atoms with van der Waals surface area (Å²) in [5, 5.41) is 2.99. The predicted molar refractivity (Wildman–Crippen MR) is 71.3 cm³/mol. The zero-order valence-corrected chi connectivity index (χ0v) is 11.5. The Labute approximate surface area is 118 Å². The highest BCUT2D eigenvalue weighted by Crippen LogP contribution is 2.29. The molecule has 0 aliphatic rings. The molecule has 0 aliphatic heterocycles. The van der Waals surface area contributed by atoms with E-state index in [1.54, 1.807) is 0 Å². The Bertz CT molecular complexity index is 607. The normalized spacial score (nSPS) is 10.6. The summed E-state index contributed by atoms with van der Waals surface area (Å²) < 4.78 is 39.5. The van der Waals surface area contributed by atoms with E-state index in [2.05, 4.69) is 15.3 Å². The van der Waals surface area contributed by atoms with Crippen molar-refractivity contribution in [2.24, 2.45) is 0 Å². The van der Waals surface area contributed by atoms with Gasteiger partial charge in [0.15, 0.2) is 17.5 Å². The SMILES string of the molecule is CCCNc1ncc(F)c(Sc2ccc(F)c(F)c2)n1. The molecule has 0 unspecified atom stereocenters. The van der Waals surface area contributed by atoms with Crippen molar-refractivity contribution < 1.29 is 13.2 Å². The highest BCUT2D eigenvalue weighted by atomic mass is 32.2. The second kappa shape index (κ2) is 6.60. The second-order valence-electron chi connectivity index (χ2n) is 3.95. The van der Waals surface area contributed by atoms with Crippen molar-refractivity contribution in [3.05, 3.63) is 41.8 Å². The lowest BCUT2D eigenvalue weighted by Gasteiger charge is -2.06. The van der Waals surface area contributed by atoms with Crippen LogP contribution in [0.3, 0.4) is 0 Å². The van der Waals surface area contributed by atoms with Crippen LogP contribution in [0.2, 0.25) is 0 Å². The quantitative estimate of drug-likeness (QED) is 0.851. The van der Waals surface area contributed by atoms with Crippen molar-refractivity contribution in [2.75, 3.05) is 11.9 Å². The van der Waals surface area contributed by atoms with Gasteiger partial charge in [-0.1, -0.05) is 18.7 Å². The van der Waals surface area contributed by atoms with Gasteiger partial charge in [0.25, 0.3) is 0 Å². The largest absolute Gasteiger partial charge is 0.354 e. The summed E-state index contributed by atoms with van der Waals surface area (Å²) in [7, 11) is 0. The van der Waals surface area contributed by atoms with Gasteiger partial charge in [0, 0.05) is 11.4 Å². The lowest BCUT2D eigenvalue weighted by atomic mass is 10.3. The van der Waals surface area contributed by atoms with Crippen LogP contribution in [0, 0.1) is 17.5 Å². The van der Waals surface area contributed by atoms with Crippen LogP contribution in [0.5, 0.6) is 0 Å². The Morgan fingerprint density at radius 3 is 2.65 bits per heavy atom. The van der Waals surface area contributed by atoms with Crippen LogP contribution in [0.1, 0.15) is 13.3 Å². The molecule has 0 aliphatic carbocycles. The number of anilines is 1. The van der Waals surface area contributed by atoms with Gasteiger partial charge in [-0.3, -0.25) is 0 Å². The number of aromatic nitrogens is 2. The van der Waals surface area contributed by atoms with Crippen molar-refractivity contribution in [1.82, 2.24) is 9.97 Å². The third kappa shape index (κ3) is 3.63. The molecule has 0 bridgehead atoms. The summed E-state index contributed by atoms with van der Waals surface area (Å²) in [6, 6.07) is 3.36. The van der Waals surface area contributed by atoms with Crippen molar-refractivity contribution in [3.8, 4) is 0 Å². The molecule has 0 fully saturated rings. The highest BCUT2D eigenvalue weighted by Gasteiger charge is 2.10. The number of halogens is 3. The lowest BCUT2D eigenvalue weighted by molar-refractivity contribution is 0.506. The van der Waals surface area contributed by atoms with Gasteiger partial charge < -0.3 is 5.32 Å². The highest BCUT2D eigenvalue weighted by molar-refractivity contribution is 7.99. The number of rotatable bonds is 5. The molecule has 0 spiro atoms. The molecule has 0 atom stereocenters. The van der Waals surface area contributed by atoms with E-state index in [-0.39, 0.29) is 5.03 Å². The molecular formula is C13H12F3N3S. The molecule has 1 heterocycles. The number of benzene rings is 1. The van der Waals surface area contributed by atoms with Crippen LogP contribution in [0.4, 0.5) is 19.1 Å². The van der Waals surface area contributed by atoms with Gasteiger partial charge in [0.1, 0.15) is 5.03 Å². The van der Waals surface area contributed by atoms with E-state index in [0.717, 1.165) is 36.5 Å². The third-order valence-corrected chi connectivity index (χ3v) is 3.32. The zero-order valence-electron chi connectivity index (χ0n) is 10.7. The van der Waals surface area contributed by atoms with E-state index in [1.165, 1.54) is 6.07 Å². The minimum Gasteiger partial charge on any atom is -0.354 e. The lowest BCUT2D eigenvalue weighted by Crippen LogP contribution is -2.05. The van der Waals surface area contributed by atoms with Gasteiger partial charge in [-0.2, -0.15) is 0 Å². The standard InChI is InChI=1S/C13H12F3N3S/c1-2-5-17-13-18-7-11(16)12(19-13)20-8-3-4-9(14)10(15)6-8/h3-4,6-7H,2,5H2,1H3,(H,17,18,19). The summed E-state index contributed by atoms with van der Waals surface area (Å²) in [5.41, 5.74) is 0. The zero-order chi connectivity index (χ0) is 14.5. The fourth-order valence-electron chi connectivity index (χ4n) is 1.40. The summed E-state index contributed by atoms with van der Waals surface area (Å²) in [6.07, 6.45) is 1.93. The number of nitrogens with one attached hydrogen (secondary N) is 1. The predicted octanol–water partition coefficient (Wildman–Crippen LogP) is 3.87. The van der Waals surface area contributed by atoms with Crippen molar-refractivity contribution >= 4 is 17.7 Å². The first-order valence-electron chi connectivity index (χ1n) is 5.99. The maximum Gasteiger partial charge on any atom is 0.223 e. The topological polar surface area (TPSA) is 37.8 Å². The minimum absolute atomic E-state index is 0.0598. The maximum absolute atomic E-state index is 13.6. The smallest absolute Gasteiger partial charge is 0.223 e. The van der Waals surface area contributed by atoms with E-state index < -0.39 is 17.5 Å². The molecule has 7 heteroatoms. The van der Waals surface area contributed by atoms with Gasteiger partial charge in [0.05, 0.1) is 6.20 Å². The molecule has 1 N–H and O–H groups in total. The molecular weight excluding hydrogens is 287 g/mol. The van der Waals surface area contributed by atoms with Crippen LogP contribution < -0.4 is 5.32 Å². The van der Waals surface area contributed by atoms with Crippen LogP contribution in [0.15, 0.2) is 34.3 Å². The number of nitrogens with zero attached hydrogens (tertiary/aromatic N) is 2. The Balaban J connectivity index is 2.20. The summed E-state index contributed by atoms with van der Waals surface area (Å²) in [6.45, 7) is 2.65. The fourth-order valence-corrected chi connectivity index (χ4v) is 2.20. The van der Waals surface area contributed by atoms with Gasteiger partial charge in [-0.25, -0.2) is 23.1 Å². The molecule has 1 aromatic carbocycles. The van der Waals surface area contributed by atoms with Crippen LogP contribution in [-0.4, -0.2) is 16.5 Å². The Hall–Kier alpha value is -1.76. The second-order valence-corrected chi connectivity index (χ2v) is 5.01. The monoisotopic (exact) mass is 299 g/mol. The molecule has 3 nitrogen and oxygen atoms in total. The van der Waals surface area contributed by atoms with Crippen LogP contribution in [-0.2, 0) is 0 Å². The first-order chi connectivity index (χ1) is 9.60. The van der Waals surface area contributed by atoms with Crippen LogP contribution in [0.25, 0.3) is 0 Å². The van der Waals surface area contributed by atoms with Gasteiger partial charge >= 0.3 is 0 Å². The molecule has 20 heavy (non-hydrogen) atoms. The van der Waals surface area contributed by atoms with Crippen molar-refractivity contribution in [3.63, 3.8) is 0 Å². The van der Waals surface area contributed by atoms with E-state index in [4.69, 9.17) is 0 Å². The molecule has 1 aromatic heterocycles. The average Bonchev–Trinajstić information content (AvgIpc) is 2.44. The third-order valence-electron chi connectivity index (χ3n) is 2.35. The van der Waals surface area contributed by atoms with E-state index >= 15 is 0 Å². The van der Waals surface area contributed by atoms with Gasteiger partial charge in [-0.15, -0.1) is 0 Å². The van der Waals surface area contributed by atoms with E-state index in [0.29, 0.717) is 17.4 Å². The first kappa shape index (κ1) is 14.6. The van der Waals surface area contributed by atoms with Crippen molar-refractivity contribution in [2.45, 2.75) is 23.3 Å². The fraction of sp³-hybridized carbons (Fsp3) is 0.231. The molecule has 0 radical (unpaired) electrons. The van der Waals surface area contributed by atoms with Gasteiger partial charge in [0.2, 0.25) is 5.95 Å². The Kier molecular flexibility index (Phi) is 4.84. The van der Waals surface area contributed by atoms with Gasteiger partial charge in [-0.05, 0) is 24.6 Å². The van der Waals surface area contributed by atoms with Crippen molar-refractivity contribution in [1.29, 1.82) is 0 Å². The molecule has 0 amide bonds. The Morgan fingerprint density at radius 2 is 1.95 bits per heavy atom. The number of hydrogen-bond acceptors (Lipinski definition) is 4. The molecule has 0 saturated heterocycles. The maximum atomic E-state index is 13.6. The average molecular weight is 299 g/mol. The number of hydrogen-bond donors (Lipinski definition) is 1. The summed E-state index contributed by atoms with van der Waals surface area (Å²) >= 11 is 0.912. The molecule has 2 rings (SSSR count). The first-order valence-corrected chi connectivity index (χ1v) is 6.81. The minimum atomic E-state index is -0.978. The molecule has 106 valence electrons. The Morgan fingerprint density at radius 1 is 1.15 bits per heavy atom. The van der Waals surface area contributed by atoms with Crippen LogP contribution >= 0.6 is 11.8 Å². The summed E-state index contributed by atoms with van der Waals surface area (Å²) in [5.74, 6) is -2.23. The van der Waals surface area contributed by atoms with E-state index in [9.17, 15) is 13.2 Å². The summed E-state index contributed by atoms with van der Waals surface area (Å²) in [4.78, 5) is 8.18. The van der Waals surface area contributed by atoms with E-state index in [1.807, 2.05) is 6.92 Å². The molecule has 0 saturated carbocycles.